The molecule has 2 heterocycles. The van der Waals surface area contributed by atoms with E-state index in [-0.39, 0.29) is 0 Å². The summed E-state index contributed by atoms with van der Waals surface area (Å²) < 4.78 is 9.06. The Morgan fingerprint density at radius 3 is 1.93 bits per heavy atom. The molecule has 0 atom stereocenters. The molecule has 0 aliphatic rings. The van der Waals surface area contributed by atoms with Crippen LogP contribution < -0.4 is 4.90 Å². The Morgan fingerprint density at radius 2 is 1.02 bits per heavy atom. The molecule has 0 unspecified atom stereocenters. The monoisotopic (exact) mass is 719 g/mol. The van der Waals surface area contributed by atoms with E-state index in [4.69, 9.17) is 4.42 Å². The number of thiophene rings is 1. The van der Waals surface area contributed by atoms with Gasteiger partial charge in [0.1, 0.15) is 11.2 Å². The lowest BCUT2D eigenvalue weighted by atomic mass is 9.96. The molecule has 0 aliphatic carbocycles. The smallest absolute Gasteiger partial charge is 0.143 e. The maximum absolute atomic E-state index is 6.45. The normalized spacial score (nSPS) is 11.6. The Labute approximate surface area is 322 Å². The molecule has 2 nitrogen and oxygen atoms in total. The van der Waals surface area contributed by atoms with Gasteiger partial charge in [-0.15, -0.1) is 11.3 Å². The Balaban J connectivity index is 1.11. The van der Waals surface area contributed by atoms with Crippen LogP contribution in [0.15, 0.2) is 205 Å². The van der Waals surface area contributed by atoms with Crippen LogP contribution in [-0.2, 0) is 0 Å². The standard InChI is InChI=1S/C52H33NOS/c1-2-17-39-34(13-1)14-10-21-40(39)36-15-9-16-38(33-36)53(37-31-29-35(30-32-37)41-22-11-23-45-43-19-4-7-27-49(43)54-51(41)45)48-26-6-3-18-42(48)46-24-12-25-47-44-20-5-8-28-50(44)55-52(46)47/h1-33H. The van der Waals surface area contributed by atoms with Crippen molar-refractivity contribution in [2.24, 2.45) is 0 Å². The van der Waals surface area contributed by atoms with Crippen LogP contribution >= 0.6 is 11.3 Å². The van der Waals surface area contributed by atoms with Crippen molar-refractivity contribution in [3.63, 3.8) is 0 Å². The van der Waals surface area contributed by atoms with E-state index in [2.05, 4.69) is 193 Å². The van der Waals surface area contributed by atoms with Gasteiger partial charge in [0.15, 0.2) is 0 Å². The summed E-state index contributed by atoms with van der Waals surface area (Å²) in [5, 5.41) is 7.35. The van der Waals surface area contributed by atoms with Gasteiger partial charge in [0, 0.05) is 59.0 Å². The van der Waals surface area contributed by atoms with Gasteiger partial charge in [0.25, 0.3) is 0 Å². The maximum Gasteiger partial charge on any atom is 0.143 e. The van der Waals surface area contributed by atoms with E-state index in [1.54, 1.807) is 0 Å². The number of hydrogen-bond acceptors (Lipinski definition) is 3. The van der Waals surface area contributed by atoms with Crippen LogP contribution in [-0.4, -0.2) is 0 Å². The van der Waals surface area contributed by atoms with Gasteiger partial charge >= 0.3 is 0 Å². The minimum atomic E-state index is 0.907. The second-order valence-corrected chi connectivity index (χ2v) is 15.1. The summed E-state index contributed by atoms with van der Waals surface area (Å²) >= 11 is 1.87. The van der Waals surface area contributed by atoms with E-state index < -0.39 is 0 Å². The Bertz CT molecular complexity index is 3220. The molecule has 11 aromatic rings. The van der Waals surface area contributed by atoms with E-state index >= 15 is 0 Å². The van der Waals surface area contributed by atoms with Crippen molar-refractivity contribution >= 4 is 81.3 Å². The van der Waals surface area contributed by atoms with Crippen molar-refractivity contribution in [1.82, 2.24) is 0 Å². The molecule has 0 saturated carbocycles. The third-order valence-corrected chi connectivity index (χ3v) is 12.1. The number of hydrogen-bond donors (Lipinski definition) is 0. The third kappa shape index (κ3) is 5.24. The number of rotatable bonds is 6. The molecule has 0 spiro atoms. The highest BCUT2D eigenvalue weighted by Crippen LogP contribution is 2.47. The van der Waals surface area contributed by atoms with Crippen LogP contribution in [0, 0.1) is 0 Å². The van der Waals surface area contributed by atoms with Gasteiger partial charge < -0.3 is 9.32 Å². The van der Waals surface area contributed by atoms with E-state index in [9.17, 15) is 0 Å². The molecule has 0 saturated heterocycles. The zero-order valence-corrected chi connectivity index (χ0v) is 30.6. The number of para-hydroxylation sites is 3. The lowest BCUT2D eigenvalue weighted by Crippen LogP contribution is -2.11. The molecule has 0 radical (unpaired) electrons. The summed E-state index contributed by atoms with van der Waals surface area (Å²) in [4.78, 5) is 2.42. The molecule has 0 fully saturated rings. The minimum Gasteiger partial charge on any atom is -0.455 e. The van der Waals surface area contributed by atoms with Crippen LogP contribution in [0.2, 0.25) is 0 Å². The van der Waals surface area contributed by atoms with Crippen LogP contribution in [0.4, 0.5) is 17.1 Å². The second kappa shape index (κ2) is 12.9. The molecule has 11 rings (SSSR count). The fourth-order valence-electron chi connectivity index (χ4n) is 8.34. The summed E-state index contributed by atoms with van der Waals surface area (Å²) in [5.41, 5.74) is 12.1. The Morgan fingerprint density at radius 1 is 0.382 bits per heavy atom. The van der Waals surface area contributed by atoms with Crippen LogP contribution in [0.25, 0.3) is 86.3 Å². The minimum absolute atomic E-state index is 0.907. The molecule has 0 aliphatic heterocycles. The quantitative estimate of drug-likeness (QED) is 0.170. The molecule has 3 heteroatoms. The first-order chi connectivity index (χ1) is 27.3. The molecule has 0 bridgehead atoms. The Kier molecular flexibility index (Phi) is 7.39. The lowest BCUT2D eigenvalue weighted by Gasteiger charge is -2.28. The van der Waals surface area contributed by atoms with Crippen LogP contribution in [0.3, 0.4) is 0 Å². The highest BCUT2D eigenvalue weighted by atomic mass is 32.1. The summed E-state index contributed by atoms with van der Waals surface area (Å²) in [7, 11) is 0. The van der Waals surface area contributed by atoms with Gasteiger partial charge in [0.2, 0.25) is 0 Å². The Hall–Kier alpha value is -6.94. The number of nitrogens with zero attached hydrogens (tertiary/aromatic N) is 1. The fraction of sp³-hybridized carbons (Fsp3) is 0. The molecule has 0 N–H and O–H groups in total. The van der Waals surface area contributed by atoms with Gasteiger partial charge in [0.05, 0.1) is 5.69 Å². The van der Waals surface area contributed by atoms with E-state index in [1.165, 1.54) is 53.2 Å². The molecular weight excluding hydrogens is 687 g/mol. The topological polar surface area (TPSA) is 16.4 Å². The number of anilines is 3. The van der Waals surface area contributed by atoms with Crippen molar-refractivity contribution in [3.05, 3.63) is 200 Å². The molecule has 55 heavy (non-hydrogen) atoms. The van der Waals surface area contributed by atoms with Crippen molar-refractivity contribution < 1.29 is 4.42 Å². The first kappa shape index (κ1) is 31.6. The number of fused-ring (bicyclic) bond motifs is 7. The highest BCUT2D eigenvalue weighted by molar-refractivity contribution is 7.26. The van der Waals surface area contributed by atoms with E-state index in [1.807, 2.05) is 23.5 Å². The van der Waals surface area contributed by atoms with Gasteiger partial charge in [-0.1, -0.05) is 158 Å². The first-order valence-electron chi connectivity index (χ1n) is 18.7. The number of furan rings is 1. The SMILES string of the molecule is c1cc(-c2cccc3ccccc23)cc(N(c2ccc(-c3cccc4c3oc3ccccc34)cc2)c2ccccc2-c2cccc3c2sc2ccccc23)c1. The van der Waals surface area contributed by atoms with Crippen molar-refractivity contribution in [2.75, 3.05) is 4.90 Å². The summed E-state index contributed by atoms with van der Waals surface area (Å²) in [6.45, 7) is 0. The van der Waals surface area contributed by atoms with E-state index in [0.29, 0.717) is 0 Å². The third-order valence-electron chi connectivity index (χ3n) is 10.9. The average Bonchev–Trinajstić information content (AvgIpc) is 3.83. The second-order valence-electron chi connectivity index (χ2n) is 14.0. The highest BCUT2D eigenvalue weighted by Gasteiger charge is 2.21. The summed E-state index contributed by atoms with van der Waals surface area (Å²) in [5.74, 6) is 0. The molecule has 9 aromatic carbocycles. The molecular formula is C52H33NOS. The predicted octanol–water partition coefficient (Wildman–Crippen LogP) is 15.6. The van der Waals surface area contributed by atoms with Gasteiger partial charge in [-0.3, -0.25) is 0 Å². The predicted molar refractivity (Wildman–Crippen MR) is 235 cm³/mol. The molecule has 2 aromatic heterocycles. The molecule has 0 amide bonds. The fourth-order valence-corrected chi connectivity index (χ4v) is 9.57. The van der Waals surface area contributed by atoms with E-state index in [0.717, 1.165) is 50.1 Å². The largest absolute Gasteiger partial charge is 0.455 e. The maximum atomic E-state index is 6.45. The average molecular weight is 720 g/mol. The van der Waals surface area contributed by atoms with Crippen LogP contribution in [0.1, 0.15) is 0 Å². The zero-order chi connectivity index (χ0) is 36.3. The molecule has 258 valence electrons. The number of benzene rings is 9. The van der Waals surface area contributed by atoms with Crippen molar-refractivity contribution in [2.45, 2.75) is 0 Å². The summed E-state index contributed by atoms with van der Waals surface area (Å²) in [6.07, 6.45) is 0. The van der Waals surface area contributed by atoms with Crippen molar-refractivity contribution in [3.8, 4) is 33.4 Å². The van der Waals surface area contributed by atoms with Crippen LogP contribution in [0.5, 0.6) is 0 Å². The van der Waals surface area contributed by atoms with Crippen molar-refractivity contribution in [1.29, 1.82) is 0 Å². The lowest BCUT2D eigenvalue weighted by molar-refractivity contribution is 0.670. The first-order valence-corrected chi connectivity index (χ1v) is 19.5. The zero-order valence-electron chi connectivity index (χ0n) is 29.8. The van der Waals surface area contributed by atoms with Gasteiger partial charge in [-0.05, 0) is 69.9 Å². The van der Waals surface area contributed by atoms with Gasteiger partial charge in [-0.2, -0.15) is 0 Å². The summed E-state index contributed by atoms with van der Waals surface area (Å²) in [6, 6.07) is 72.2. The van der Waals surface area contributed by atoms with Gasteiger partial charge in [-0.25, -0.2) is 0 Å².